The smallest absolute Gasteiger partial charge is 0.287 e. The fourth-order valence-electron chi connectivity index (χ4n) is 1.85. The van der Waals surface area contributed by atoms with Crippen LogP contribution in [0, 0.1) is 0 Å². The van der Waals surface area contributed by atoms with Crippen molar-refractivity contribution in [2.45, 2.75) is 32.7 Å². The number of furan rings is 1. The summed E-state index contributed by atoms with van der Waals surface area (Å²) in [6.45, 7) is 3.77. The van der Waals surface area contributed by atoms with Crippen molar-refractivity contribution >= 4 is 23.0 Å². The van der Waals surface area contributed by atoms with Crippen molar-refractivity contribution in [2.24, 2.45) is 0 Å². The maximum atomic E-state index is 11.9. The standard InChI is InChI=1S/C15H17NO3S/c1-3-11-6-7-13(19-11)15(18)16-10(2)9-12(17)14-5-4-8-20-14/h4-8,10H,3,9H2,1-2H3,(H,16,18). The normalized spacial score (nSPS) is 12.1. The van der Waals surface area contributed by atoms with E-state index in [1.807, 2.05) is 25.3 Å². The number of carbonyl (C=O) groups excluding carboxylic acids is 2. The van der Waals surface area contributed by atoms with E-state index in [4.69, 9.17) is 4.42 Å². The number of ketones is 1. The Kier molecular flexibility index (Phi) is 4.74. The van der Waals surface area contributed by atoms with E-state index in [9.17, 15) is 9.59 Å². The highest BCUT2D eigenvalue weighted by Crippen LogP contribution is 2.13. The van der Waals surface area contributed by atoms with E-state index in [-0.39, 0.29) is 29.9 Å². The molecule has 0 bridgehead atoms. The monoisotopic (exact) mass is 291 g/mol. The van der Waals surface area contributed by atoms with Crippen LogP contribution in [0.4, 0.5) is 0 Å². The predicted octanol–water partition coefficient (Wildman–Crippen LogP) is 3.29. The lowest BCUT2D eigenvalue weighted by atomic mass is 10.1. The van der Waals surface area contributed by atoms with Gasteiger partial charge in [-0.15, -0.1) is 11.3 Å². The summed E-state index contributed by atoms with van der Waals surface area (Å²) in [6.07, 6.45) is 1.04. The first-order chi connectivity index (χ1) is 9.60. The van der Waals surface area contributed by atoms with E-state index in [0.29, 0.717) is 0 Å². The van der Waals surface area contributed by atoms with Crippen LogP contribution >= 0.6 is 11.3 Å². The molecule has 20 heavy (non-hydrogen) atoms. The van der Waals surface area contributed by atoms with Gasteiger partial charge in [0.2, 0.25) is 0 Å². The molecule has 0 radical (unpaired) electrons. The van der Waals surface area contributed by atoms with Crippen molar-refractivity contribution in [2.75, 3.05) is 0 Å². The van der Waals surface area contributed by atoms with Crippen molar-refractivity contribution in [3.05, 3.63) is 46.0 Å². The van der Waals surface area contributed by atoms with Crippen LogP contribution in [0.5, 0.6) is 0 Å². The molecule has 2 aromatic rings. The molecule has 0 saturated heterocycles. The first-order valence-electron chi connectivity index (χ1n) is 6.56. The Bertz CT molecular complexity index is 586. The summed E-state index contributed by atoms with van der Waals surface area (Å²) >= 11 is 1.41. The zero-order valence-corrected chi connectivity index (χ0v) is 12.3. The number of rotatable bonds is 6. The van der Waals surface area contributed by atoms with Gasteiger partial charge in [-0.05, 0) is 30.5 Å². The second kappa shape index (κ2) is 6.52. The maximum absolute atomic E-state index is 11.9. The van der Waals surface area contributed by atoms with Crippen molar-refractivity contribution < 1.29 is 14.0 Å². The number of carbonyl (C=O) groups is 2. The maximum Gasteiger partial charge on any atom is 0.287 e. The van der Waals surface area contributed by atoms with Crippen LogP contribution in [0.2, 0.25) is 0 Å². The van der Waals surface area contributed by atoms with Gasteiger partial charge in [0.15, 0.2) is 11.5 Å². The van der Waals surface area contributed by atoms with Crippen LogP contribution in [-0.2, 0) is 6.42 Å². The third-order valence-electron chi connectivity index (χ3n) is 2.90. The minimum Gasteiger partial charge on any atom is -0.456 e. The molecular formula is C15H17NO3S. The lowest BCUT2D eigenvalue weighted by molar-refractivity contribution is 0.0895. The molecule has 1 amide bonds. The molecule has 0 aliphatic heterocycles. The van der Waals surface area contributed by atoms with Crippen molar-refractivity contribution in [3.8, 4) is 0 Å². The lowest BCUT2D eigenvalue weighted by Crippen LogP contribution is -2.33. The molecule has 0 fully saturated rings. The Hall–Kier alpha value is -1.88. The van der Waals surface area contributed by atoms with Gasteiger partial charge in [0.25, 0.3) is 5.91 Å². The Morgan fingerprint density at radius 2 is 2.15 bits per heavy atom. The van der Waals surface area contributed by atoms with E-state index in [1.54, 1.807) is 18.2 Å². The highest BCUT2D eigenvalue weighted by atomic mass is 32.1. The number of aryl methyl sites for hydroxylation is 1. The van der Waals surface area contributed by atoms with Gasteiger partial charge >= 0.3 is 0 Å². The number of thiophene rings is 1. The second-order valence-corrected chi connectivity index (χ2v) is 5.55. The van der Waals surface area contributed by atoms with Crippen LogP contribution in [0.1, 0.15) is 46.3 Å². The first-order valence-corrected chi connectivity index (χ1v) is 7.44. The SMILES string of the molecule is CCc1ccc(C(=O)NC(C)CC(=O)c2cccs2)o1. The number of hydrogen-bond donors (Lipinski definition) is 1. The summed E-state index contributed by atoms with van der Waals surface area (Å²) in [5.74, 6) is 0.826. The number of hydrogen-bond acceptors (Lipinski definition) is 4. The van der Waals surface area contributed by atoms with E-state index in [2.05, 4.69) is 5.32 Å². The molecule has 0 aromatic carbocycles. The predicted molar refractivity (Wildman–Crippen MR) is 78.3 cm³/mol. The summed E-state index contributed by atoms with van der Waals surface area (Å²) < 4.78 is 5.38. The molecule has 0 spiro atoms. The van der Waals surface area contributed by atoms with Gasteiger partial charge in [0, 0.05) is 18.9 Å². The number of Topliss-reactive ketones (excluding diaryl/α,β-unsaturated/α-hetero) is 1. The highest BCUT2D eigenvalue weighted by Gasteiger charge is 2.17. The van der Waals surface area contributed by atoms with E-state index >= 15 is 0 Å². The summed E-state index contributed by atoms with van der Waals surface area (Å²) in [4.78, 5) is 24.6. The molecule has 2 heterocycles. The van der Waals surface area contributed by atoms with Gasteiger partial charge in [-0.2, -0.15) is 0 Å². The summed E-state index contributed by atoms with van der Waals surface area (Å²) in [6, 6.07) is 6.85. The Morgan fingerprint density at radius 3 is 2.75 bits per heavy atom. The Labute approximate surface area is 121 Å². The van der Waals surface area contributed by atoms with Crippen molar-refractivity contribution in [1.29, 1.82) is 0 Å². The fraction of sp³-hybridized carbons (Fsp3) is 0.333. The van der Waals surface area contributed by atoms with E-state index < -0.39 is 0 Å². The average molecular weight is 291 g/mol. The van der Waals surface area contributed by atoms with Crippen LogP contribution < -0.4 is 5.32 Å². The average Bonchev–Trinajstić information content (AvgIpc) is 3.09. The summed E-state index contributed by atoms with van der Waals surface area (Å²) in [5, 5.41) is 4.64. The van der Waals surface area contributed by atoms with Crippen LogP contribution in [0.3, 0.4) is 0 Å². The minimum absolute atomic E-state index is 0.0430. The third kappa shape index (κ3) is 3.57. The molecule has 0 aliphatic rings. The number of nitrogens with one attached hydrogen (secondary N) is 1. The van der Waals surface area contributed by atoms with Crippen LogP contribution in [-0.4, -0.2) is 17.7 Å². The summed E-state index contributed by atoms with van der Waals surface area (Å²) in [7, 11) is 0. The molecule has 2 aromatic heterocycles. The molecule has 1 unspecified atom stereocenters. The van der Waals surface area contributed by atoms with Gasteiger partial charge in [-0.3, -0.25) is 9.59 Å². The Balaban J connectivity index is 1.89. The summed E-state index contributed by atoms with van der Waals surface area (Å²) in [5.41, 5.74) is 0. The fourth-order valence-corrected chi connectivity index (χ4v) is 2.53. The minimum atomic E-state index is -0.281. The quantitative estimate of drug-likeness (QED) is 0.831. The second-order valence-electron chi connectivity index (χ2n) is 4.60. The van der Waals surface area contributed by atoms with Crippen LogP contribution in [0.15, 0.2) is 34.1 Å². The molecule has 4 nitrogen and oxygen atoms in total. The molecule has 1 N–H and O–H groups in total. The molecule has 1 atom stereocenters. The molecule has 5 heteroatoms. The zero-order chi connectivity index (χ0) is 14.5. The van der Waals surface area contributed by atoms with Crippen LogP contribution in [0.25, 0.3) is 0 Å². The molecule has 0 saturated carbocycles. The Morgan fingerprint density at radius 1 is 1.35 bits per heavy atom. The zero-order valence-electron chi connectivity index (χ0n) is 11.5. The molecule has 2 rings (SSSR count). The van der Waals surface area contributed by atoms with Crippen molar-refractivity contribution in [1.82, 2.24) is 5.32 Å². The van der Waals surface area contributed by atoms with Gasteiger partial charge < -0.3 is 9.73 Å². The molecule has 106 valence electrons. The van der Waals surface area contributed by atoms with Crippen molar-refractivity contribution in [3.63, 3.8) is 0 Å². The third-order valence-corrected chi connectivity index (χ3v) is 3.81. The molecule has 0 aliphatic carbocycles. The van der Waals surface area contributed by atoms with Gasteiger partial charge in [-0.25, -0.2) is 0 Å². The lowest BCUT2D eigenvalue weighted by Gasteiger charge is -2.11. The molecular weight excluding hydrogens is 274 g/mol. The van der Waals surface area contributed by atoms with Gasteiger partial charge in [-0.1, -0.05) is 13.0 Å². The van der Waals surface area contributed by atoms with E-state index in [0.717, 1.165) is 17.1 Å². The topological polar surface area (TPSA) is 59.3 Å². The van der Waals surface area contributed by atoms with E-state index in [1.165, 1.54) is 11.3 Å². The largest absolute Gasteiger partial charge is 0.456 e. The number of amides is 1. The van der Waals surface area contributed by atoms with Gasteiger partial charge in [0.1, 0.15) is 5.76 Å². The van der Waals surface area contributed by atoms with Gasteiger partial charge in [0.05, 0.1) is 4.88 Å². The highest BCUT2D eigenvalue weighted by molar-refractivity contribution is 7.12. The first kappa shape index (κ1) is 14.5.